The molecule has 0 unspecified atom stereocenters. The molecule has 6 nitrogen and oxygen atoms in total. The lowest BCUT2D eigenvalue weighted by molar-refractivity contribution is -0.126. The van der Waals surface area contributed by atoms with Crippen molar-refractivity contribution in [2.45, 2.75) is 32.0 Å². The number of para-hydroxylation sites is 1. The van der Waals surface area contributed by atoms with Crippen LogP contribution in [0.5, 0.6) is 0 Å². The number of anilines is 1. The van der Waals surface area contributed by atoms with Gasteiger partial charge in [0, 0.05) is 37.7 Å². The van der Waals surface area contributed by atoms with Crippen molar-refractivity contribution in [3.8, 4) is 0 Å². The van der Waals surface area contributed by atoms with E-state index in [-0.39, 0.29) is 18.1 Å². The third-order valence-corrected chi connectivity index (χ3v) is 5.18. The van der Waals surface area contributed by atoms with Crippen molar-refractivity contribution in [3.63, 3.8) is 0 Å². The van der Waals surface area contributed by atoms with Crippen LogP contribution in [0, 0.1) is 0 Å². The minimum atomic E-state index is -0.143. The molecule has 0 N–H and O–H groups in total. The van der Waals surface area contributed by atoms with E-state index in [1.54, 1.807) is 6.20 Å². The van der Waals surface area contributed by atoms with E-state index in [0.29, 0.717) is 6.61 Å². The molecule has 0 spiro atoms. The van der Waals surface area contributed by atoms with Crippen LogP contribution in [0.15, 0.2) is 42.7 Å². The number of fused-ring (bicyclic) bond motifs is 1. The van der Waals surface area contributed by atoms with Crippen LogP contribution in [-0.2, 0) is 22.5 Å². The van der Waals surface area contributed by atoms with Crippen LogP contribution in [0.2, 0.25) is 0 Å². The Labute approximate surface area is 148 Å². The summed E-state index contributed by atoms with van der Waals surface area (Å²) in [5, 5.41) is 4.25. The molecule has 1 aromatic carbocycles. The van der Waals surface area contributed by atoms with E-state index in [2.05, 4.69) is 16.1 Å². The van der Waals surface area contributed by atoms with E-state index >= 15 is 0 Å². The number of carbonyl (C=O) groups excluding carboxylic acids is 1. The second-order valence-corrected chi connectivity index (χ2v) is 6.76. The van der Waals surface area contributed by atoms with E-state index in [0.717, 1.165) is 38.3 Å². The molecule has 2 atom stereocenters. The first kappa shape index (κ1) is 16.3. The van der Waals surface area contributed by atoms with Gasteiger partial charge in [-0.25, -0.2) is 0 Å². The van der Waals surface area contributed by atoms with E-state index in [4.69, 9.17) is 4.74 Å². The van der Waals surface area contributed by atoms with Crippen LogP contribution in [-0.4, -0.2) is 59.0 Å². The molecule has 4 rings (SSSR count). The Morgan fingerprint density at radius 1 is 1.32 bits per heavy atom. The molecule has 0 radical (unpaired) electrons. The molecule has 25 heavy (non-hydrogen) atoms. The van der Waals surface area contributed by atoms with Crippen LogP contribution >= 0.6 is 0 Å². The van der Waals surface area contributed by atoms with Crippen molar-refractivity contribution in [1.29, 1.82) is 0 Å². The fourth-order valence-corrected chi connectivity index (χ4v) is 3.77. The van der Waals surface area contributed by atoms with Gasteiger partial charge in [-0.1, -0.05) is 18.2 Å². The van der Waals surface area contributed by atoms with E-state index in [1.165, 1.54) is 5.56 Å². The molecule has 0 saturated carbocycles. The van der Waals surface area contributed by atoms with Gasteiger partial charge in [-0.05, 0) is 31.0 Å². The smallest absolute Gasteiger partial charge is 0.244 e. The zero-order valence-corrected chi connectivity index (χ0v) is 14.5. The second kappa shape index (κ2) is 6.98. The first-order valence-corrected chi connectivity index (χ1v) is 8.95. The highest BCUT2D eigenvalue weighted by Gasteiger charge is 2.33. The number of amides is 1. The molecule has 2 aliphatic heterocycles. The largest absolute Gasteiger partial charge is 0.374 e. The SMILES string of the molecule is C[C@@H](C(=O)N1CCc2ccccc21)N1CCO[C@H](Cn2cccn2)C1. The molecule has 6 heteroatoms. The standard InChI is InChI=1S/C19H24N4O2/c1-15(19(24)23-10-7-16-5-2-3-6-18(16)23)21-11-12-25-17(13-21)14-22-9-4-8-20-22/h2-6,8-9,15,17H,7,10-14H2,1H3/t15-,17-/m0/s1. The van der Waals surface area contributed by atoms with Crippen LogP contribution in [0.1, 0.15) is 12.5 Å². The summed E-state index contributed by atoms with van der Waals surface area (Å²) in [4.78, 5) is 17.2. The fraction of sp³-hybridized carbons (Fsp3) is 0.474. The average molecular weight is 340 g/mol. The maximum absolute atomic E-state index is 13.1. The maximum atomic E-state index is 13.1. The molecule has 0 bridgehead atoms. The van der Waals surface area contributed by atoms with Crippen molar-refractivity contribution in [2.24, 2.45) is 0 Å². The molecule has 1 aromatic heterocycles. The quantitative estimate of drug-likeness (QED) is 0.848. The van der Waals surface area contributed by atoms with Gasteiger partial charge in [0.1, 0.15) is 0 Å². The number of carbonyl (C=O) groups is 1. The highest BCUT2D eigenvalue weighted by atomic mass is 16.5. The zero-order valence-electron chi connectivity index (χ0n) is 14.5. The number of aromatic nitrogens is 2. The Bertz CT molecular complexity index is 731. The van der Waals surface area contributed by atoms with Gasteiger partial charge in [-0.3, -0.25) is 14.4 Å². The number of benzene rings is 1. The normalized spacial score (nSPS) is 22.0. The first-order valence-electron chi connectivity index (χ1n) is 8.95. The van der Waals surface area contributed by atoms with E-state index < -0.39 is 0 Å². The summed E-state index contributed by atoms with van der Waals surface area (Å²) in [6.45, 7) is 5.71. The van der Waals surface area contributed by atoms with Gasteiger partial charge in [-0.15, -0.1) is 0 Å². The van der Waals surface area contributed by atoms with Gasteiger partial charge in [0.15, 0.2) is 0 Å². The summed E-state index contributed by atoms with van der Waals surface area (Å²) >= 11 is 0. The predicted molar refractivity (Wildman–Crippen MR) is 95.5 cm³/mol. The van der Waals surface area contributed by atoms with Crippen molar-refractivity contribution in [2.75, 3.05) is 31.1 Å². The number of hydrogen-bond acceptors (Lipinski definition) is 4. The van der Waals surface area contributed by atoms with Crippen LogP contribution in [0.3, 0.4) is 0 Å². The highest BCUT2D eigenvalue weighted by Crippen LogP contribution is 2.28. The van der Waals surface area contributed by atoms with Crippen LogP contribution in [0.25, 0.3) is 0 Å². The summed E-state index contributed by atoms with van der Waals surface area (Å²) in [5.41, 5.74) is 2.34. The summed E-state index contributed by atoms with van der Waals surface area (Å²) < 4.78 is 7.75. The Balaban J connectivity index is 1.42. The summed E-state index contributed by atoms with van der Waals surface area (Å²) in [6.07, 6.45) is 4.73. The minimum Gasteiger partial charge on any atom is -0.374 e. The summed E-state index contributed by atoms with van der Waals surface area (Å²) in [6, 6.07) is 9.98. The molecule has 132 valence electrons. The number of morpholine rings is 1. The zero-order chi connectivity index (χ0) is 17.2. The predicted octanol–water partition coefficient (Wildman–Crippen LogP) is 1.56. The molecular weight excluding hydrogens is 316 g/mol. The molecule has 1 fully saturated rings. The summed E-state index contributed by atoms with van der Waals surface area (Å²) in [5.74, 6) is 0.185. The van der Waals surface area contributed by atoms with E-state index in [1.807, 2.05) is 47.0 Å². The lowest BCUT2D eigenvalue weighted by Gasteiger charge is -2.37. The monoisotopic (exact) mass is 340 g/mol. The Morgan fingerprint density at radius 3 is 3.04 bits per heavy atom. The third kappa shape index (κ3) is 3.32. The fourth-order valence-electron chi connectivity index (χ4n) is 3.77. The van der Waals surface area contributed by atoms with Crippen molar-refractivity contribution < 1.29 is 9.53 Å². The van der Waals surface area contributed by atoms with Crippen molar-refractivity contribution in [1.82, 2.24) is 14.7 Å². The van der Waals surface area contributed by atoms with Gasteiger partial charge >= 0.3 is 0 Å². The number of hydrogen-bond donors (Lipinski definition) is 0. The van der Waals surface area contributed by atoms with Gasteiger partial charge in [-0.2, -0.15) is 5.10 Å². The second-order valence-electron chi connectivity index (χ2n) is 6.76. The van der Waals surface area contributed by atoms with Gasteiger partial charge in [0.25, 0.3) is 0 Å². The van der Waals surface area contributed by atoms with Crippen molar-refractivity contribution in [3.05, 3.63) is 48.3 Å². The average Bonchev–Trinajstić information content (AvgIpc) is 3.30. The molecule has 2 aromatic rings. The Kier molecular flexibility index (Phi) is 4.55. The van der Waals surface area contributed by atoms with Crippen molar-refractivity contribution >= 4 is 11.6 Å². The number of rotatable bonds is 4. The molecule has 3 heterocycles. The molecule has 2 aliphatic rings. The topological polar surface area (TPSA) is 50.6 Å². The summed E-state index contributed by atoms with van der Waals surface area (Å²) in [7, 11) is 0. The molecule has 0 aliphatic carbocycles. The third-order valence-electron chi connectivity index (χ3n) is 5.18. The maximum Gasteiger partial charge on any atom is 0.244 e. The van der Waals surface area contributed by atoms with Crippen LogP contribution in [0.4, 0.5) is 5.69 Å². The minimum absolute atomic E-state index is 0.0646. The van der Waals surface area contributed by atoms with Gasteiger partial charge in [0.2, 0.25) is 5.91 Å². The molecule has 1 saturated heterocycles. The molecule has 1 amide bonds. The van der Waals surface area contributed by atoms with E-state index in [9.17, 15) is 4.79 Å². The highest BCUT2D eigenvalue weighted by molar-refractivity contribution is 5.98. The lowest BCUT2D eigenvalue weighted by atomic mass is 10.1. The Morgan fingerprint density at radius 2 is 2.20 bits per heavy atom. The molecular formula is C19H24N4O2. The van der Waals surface area contributed by atoms with Gasteiger partial charge < -0.3 is 9.64 Å². The number of ether oxygens (including phenoxy) is 1. The number of nitrogens with zero attached hydrogens (tertiary/aromatic N) is 4. The lowest BCUT2D eigenvalue weighted by Crippen LogP contribution is -2.53. The Hall–Kier alpha value is -2.18. The first-order chi connectivity index (χ1) is 12.2. The van der Waals surface area contributed by atoms with Gasteiger partial charge in [0.05, 0.1) is 25.3 Å². The van der Waals surface area contributed by atoms with Crippen LogP contribution < -0.4 is 4.90 Å².